The summed E-state index contributed by atoms with van der Waals surface area (Å²) in [7, 11) is -1.74. The van der Waals surface area contributed by atoms with Gasteiger partial charge < -0.3 is 15.4 Å². The Bertz CT molecular complexity index is 960. The number of hydrogen-bond acceptors (Lipinski definition) is 8. The third-order valence-corrected chi connectivity index (χ3v) is 5.83. The molecule has 1 atom stereocenters. The maximum Gasteiger partial charge on any atom is 0.339 e. The van der Waals surface area contributed by atoms with E-state index in [1.165, 1.54) is 19.2 Å². The van der Waals surface area contributed by atoms with Crippen LogP contribution in [0.1, 0.15) is 27.3 Å². The molecule has 1 aromatic carbocycles. The van der Waals surface area contributed by atoms with Gasteiger partial charge >= 0.3 is 5.97 Å². The first kappa shape index (κ1) is 18.8. The first-order valence-electron chi connectivity index (χ1n) is 8.17. The van der Waals surface area contributed by atoms with Gasteiger partial charge in [-0.1, -0.05) is 12.1 Å². The Morgan fingerprint density at radius 3 is 2.56 bits per heavy atom. The van der Waals surface area contributed by atoms with Crippen LogP contribution in [0.15, 0.2) is 36.4 Å². The van der Waals surface area contributed by atoms with Crippen molar-refractivity contribution in [1.29, 1.82) is 0 Å². The summed E-state index contributed by atoms with van der Waals surface area (Å²) >= 11 is 0. The molecule has 1 aromatic heterocycles. The van der Waals surface area contributed by atoms with E-state index in [-0.39, 0.29) is 28.8 Å². The highest BCUT2D eigenvalue weighted by molar-refractivity contribution is 7.91. The molecule has 1 aliphatic rings. The first-order chi connectivity index (χ1) is 12.9. The van der Waals surface area contributed by atoms with Crippen LogP contribution in [0.3, 0.4) is 0 Å². The number of esters is 1. The fourth-order valence-electron chi connectivity index (χ4n) is 2.71. The standard InChI is InChI=1S/C17H18N4O5S/c1-26-17(23)12-4-2-3-5-13(12)19-16(22)14-6-7-15(21-20-14)18-11-8-9-27(24,25)10-11/h2-7,11H,8-10H2,1H3,(H,18,21)(H,19,22). The number of para-hydroxylation sites is 1. The van der Waals surface area contributed by atoms with E-state index in [0.29, 0.717) is 17.9 Å². The predicted octanol–water partition coefficient (Wildman–Crippen LogP) is 1.11. The highest BCUT2D eigenvalue weighted by Crippen LogP contribution is 2.18. The van der Waals surface area contributed by atoms with E-state index < -0.39 is 21.7 Å². The van der Waals surface area contributed by atoms with Gasteiger partial charge in [0.15, 0.2) is 15.5 Å². The minimum Gasteiger partial charge on any atom is -0.465 e. The Balaban J connectivity index is 1.67. The molecular weight excluding hydrogens is 372 g/mol. The van der Waals surface area contributed by atoms with Gasteiger partial charge in [0.1, 0.15) is 5.82 Å². The summed E-state index contributed by atoms with van der Waals surface area (Å²) < 4.78 is 27.7. The monoisotopic (exact) mass is 390 g/mol. The molecule has 0 radical (unpaired) electrons. The van der Waals surface area contributed by atoms with E-state index in [1.54, 1.807) is 24.3 Å². The van der Waals surface area contributed by atoms with Crippen LogP contribution in [-0.4, -0.2) is 55.1 Å². The van der Waals surface area contributed by atoms with Crippen LogP contribution in [-0.2, 0) is 14.6 Å². The van der Waals surface area contributed by atoms with E-state index in [9.17, 15) is 18.0 Å². The molecule has 9 nitrogen and oxygen atoms in total. The number of rotatable bonds is 5. The summed E-state index contributed by atoms with van der Waals surface area (Å²) in [6.07, 6.45) is 0.510. The van der Waals surface area contributed by atoms with Crippen molar-refractivity contribution in [3.63, 3.8) is 0 Å². The Kier molecular flexibility index (Phi) is 5.36. The van der Waals surface area contributed by atoms with Gasteiger partial charge in [-0.15, -0.1) is 10.2 Å². The molecule has 1 saturated heterocycles. The van der Waals surface area contributed by atoms with Gasteiger partial charge in [-0.2, -0.15) is 0 Å². The Morgan fingerprint density at radius 2 is 1.93 bits per heavy atom. The van der Waals surface area contributed by atoms with Crippen LogP contribution in [0.4, 0.5) is 11.5 Å². The molecule has 1 unspecified atom stereocenters. The van der Waals surface area contributed by atoms with Gasteiger partial charge in [-0.25, -0.2) is 13.2 Å². The number of hydrogen-bond donors (Lipinski definition) is 2. The minimum absolute atomic E-state index is 0.0549. The third-order valence-electron chi connectivity index (χ3n) is 4.06. The van der Waals surface area contributed by atoms with Crippen LogP contribution in [0.5, 0.6) is 0 Å². The quantitative estimate of drug-likeness (QED) is 0.727. The Morgan fingerprint density at radius 1 is 1.15 bits per heavy atom. The van der Waals surface area contributed by atoms with Gasteiger partial charge in [-0.3, -0.25) is 4.79 Å². The lowest BCUT2D eigenvalue weighted by Crippen LogP contribution is -2.22. The highest BCUT2D eigenvalue weighted by atomic mass is 32.2. The zero-order chi connectivity index (χ0) is 19.4. The molecule has 2 N–H and O–H groups in total. The second-order valence-electron chi connectivity index (χ2n) is 6.04. The second kappa shape index (κ2) is 7.70. The number of benzene rings is 1. The van der Waals surface area contributed by atoms with Crippen molar-refractivity contribution >= 4 is 33.2 Å². The first-order valence-corrected chi connectivity index (χ1v) is 9.99. The van der Waals surface area contributed by atoms with E-state index in [0.717, 1.165) is 0 Å². The van der Waals surface area contributed by atoms with Gasteiger partial charge in [0.25, 0.3) is 5.91 Å². The van der Waals surface area contributed by atoms with E-state index in [4.69, 9.17) is 0 Å². The van der Waals surface area contributed by atoms with E-state index in [2.05, 4.69) is 25.6 Å². The number of sulfone groups is 1. The maximum atomic E-state index is 12.4. The predicted molar refractivity (Wildman–Crippen MR) is 98.4 cm³/mol. The van der Waals surface area contributed by atoms with Gasteiger partial charge in [0.05, 0.1) is 29.9 Å². The summed E-state index contributed by atoms with van der Waals surface area (Å²) in [5.74, 6) is -0.500. The fraction of sp³-hybridized carbons (Fsp3) is 0.294. The average Bonchev–Trinajstić information content (AvgIpc) is 3.00. The lowest BCUT2D eigenvalue weighted by Gasteiger charge is -2.11. The van der Waals surface area contributed by atoms with Crippen molar-refractivity contribution < 1.29 is 22.7 Å². The summed E-state index contributed by atoms with van der Waals surface area (Å²) in [5, 5.41) is 13.4. The van der Waals surface area contributed by atoms with Gasteiger partial charge in [0, 0.05) is 6.04 Å². The molecule has 0 aliphatic carbocycles. The third kappa shape index (κ3) is 4.59. The number of carbonyl (C=O) groups is 2. The molecule has 2 heterocycles. The second-order valence-corrected chi connectivity index (χ2v) is 8.27. The fourth-order valence-corrected chi connectivity index (χ4v) is 4.39. The lowest BCUT2D eigenvalue weighted by molar-refractivity contribution is 0.0602. The molecule has 1 aliphatic heterocycles. The van der Waals surface area contributed by atoms with Crippen LogP contribution in [0, 0.1) is 0 Å². The number of nitrogens with one attached hydrogen (secondary N) is 2. The molecule has 0 spiro atoms. The Hall–Kier alpha value is -3.01. The largest absolute Gasteiger partial charge is 0.465 e. The molecule has 1 amide bonds. The molecule has 2 aromatic rings. The molecule has 0 bridgehead atoms. The summed E-state index contributed by atoms with van der Waals surface area (Å²) in [6.45, 7) is 0. The average molecular weight is 390 g/mol. The van der Waals surface area contributed by atoms with Crippen molar-refractivity contribution in [3.05, 3.63) is 47.7 Å². The Labute approximate surface area is 156 Å². The summed E-state index contributed by atoms with van der Waals surface area (Å²) in [6, 6.07) is 9.26. The zero-order valence-corrected chi connectivity index (χ0v) is 15.3. The summed E-state index contributed by atoms with van der Waals surface area (Å²) in [5.41, 5.74) is 0.579. The highest BCUT2D eigenvalue weighted by Gasteiger charge is 2.28. The topological polar surface area (TPSA) is 127 Å². The number of anilines is 2. The van der Waals surface area contributed by atoms with Crippen LogP contribution < -0.4 is 10.6 Å². The van der Waals surface area contributed by atoms with Crippen molar-refractivity contribution in [1.82, 2.24) is 10.2 Å². The SMILES string of the molecule is COC(=O)c1ccccc1NC(=O)c1ccc(NC2CCS(=O)(=O)C2)nn1. The number of carbonyl (C=O) groups excluding carboxylic acids is 2. The van der Waals surface area contributed by atoms with Crippen LogP contribution in [0.2, 0.25) is 0 Å². The number of methoxy groups -OCH3 is 1. The van der Waals surface area contributed by atoms with Crippen molar-refractivity contribution in [2.24, 2.45) is 0 Å². The molecule has 142 valence electrons. The normalized spacial score (nSPS) is 17.9. The molecule has 10 heteroatoms. The van der Waals surface area contributed by atoms with Crippen molar-refractivity contribution in [2.75, 3.05) is 29.2 Å². The van der Waals surface area contributed by atoms with Crippen LogP contribution in [0.25, 0.3) is 0 Å². The smallest absolute Gasteiger partial charge is 0.339 e. The van der Waals surface area contributed by atoms with Crippen molar-refractivity contribution in [3.8, 4) is 0 Å². The van der Waals surface area contributed by atoms with E-state index >= 15 is 0 Å². The number of nitrogens with zero attached hydrogens (tertiary/aromatic N) is 2. The van der Waals surface area contributed by atoms with E-state index in [1.807, 2.05) is 0 Å². The molecule has 0 saturated carbocycles. The van der Waals surface area contributed by atoms with Gasteiger partial charge in [-0.05, 0) is 30.7 Å². The molecule has 1 fully saturated rings. The molecular formula is C17H18N4O5S. The van der Waals surface area contributed by atoms with Crippen molar-refractivity contribution in [2.45, 2.75) is 12.5 Å². The van der Waals surface area contributed by atoms with Gasteiger partial charge in [0.2, 0.25) is 0 Å². The lowest BCUT2D eigenvalue weighted by atomic mass is 10.1. The number of aromatic nitrogens is 2. The number of amides is 1. The zero-order valence-electron chi connectivity index (χ0n) is 14.5. The molecule has 27 heavy (non-hydrogen) atoms. The number of ether oxygens (including phenoxy) is 1. The van der Waals surface area contributed by atoms with Crippen LogP contribution >= 0.6 is 0 Å². The summed E-state index contributed by atoms with van der Waals surface area (Å²) in [4.78, 5) is 24.1. The maximum absolute atomic E-state index is 12.4. The molecule has 3 rings (SSSR count). The minimum atomic E-state index is -3.00.